The number of aliphatic carboxylic acids is 1. The summed E-state index contributed by atoms with van der Waals surface area (Å²) in [6.07, 6.45) is 0. The van der Waals surface area contributed by atoms with Crippen molar-refractivity contribution in [2.75, 3.05) is 6.54 Å². The van der Waals surface area contributed by atoms with Crippen molar-refractivity contribution in [3.05, 3.63) is 64.7 Å². The molecule has 1 heterocycles. The molecule has 1 aliphatic heterocycles. The highest BCUT2D eigenvalue weighted by Crippen LogP contribution is 2.31. The molecule has 1 aliphatic rings. The van der Waals surface area contributed by atoms with Crippen LogP contribution in [-0.2, 0) is 16.1 Å². The number of halogens is 1. The average Bonchev–Trinajstić information content (AvgIpc) is 2.61. The quantitative estimate of drug-likeness (QED) is 0.819. The molecule has 4 nitrogen and oxygen atoms in total. The minimum absolute atomic E-state index is 0.0549. The summed E-state index contributed by atoms with van der Waals surface area (Å²) in [5, 5.41) is 9.88. The van der Waals surface area contributed by atoms with Gasteiger partial charge in [-0.15, -0.1) is 11.8 Å². The highest BCUT2D eigenvalue weighted by Gasteiger charge is 2.33. The van der Waals surface area contributed by atoms with Gasteiger partial charge in [-0.05, 0) is 42.3 Å². The second-order valence-corrected chi connectivity index (χ2v) is 7.87. The number of hydrogen-bond donors (Lipinski definition) is 1. The van der Waals surface area contributed by atoms with E-state index in [-0.39, 0.29) is 17.7 Å². The molecule has 2 aromatic carbocycles. The van der Waals surface area contributed by atoms with E-state index in [1.54, 1.807) is 17.0 Å². The zero-order valence-corrected chi connectivity index (χ0v) is 15.3. The molecule has 130 valence electrons. The molecule has 0 saturated carbocycles. The number of thioether (sulfide) groups is 1. The molecule has 0 saturated heterocycles. The molecule has 6 heteroatoms. The van der Waals surface area contributed by atoms with E-state index in [2.05, 4.69) is 0 Å². The van der Waals surface area contributed by atoms with Gasteiger partial charge in [0.1, 0.15) is 0 Å². The molecule has 25 heavy (non-hydrogen) atoms. The molecular weight excluding hydrogens is 358 g/mol. The van der Waals surface area contributed by atoms with Crippen molar-refractivity contribution in [3.63, 3.8) is 0 Å². The summed E-state index contributed by atoms with van der Waals surface area (Å²) in [5.74, 6) is -1.63. The normalized spacial score (nSPS) is 17.7. The smallest absolute Gasteiger partial charge is 0.312 e. The minimum Gasteiger partial charge on any atom is -0.481 e. The largest absolute Gasteiger partial charge is 0.481 e. The Balaban J connectivity index is 1.76. The van der Waals surface area contributed by atoms with Crippen molar-refractivity contribution in [2.45, 2.75) is 29.5 Å². The number of benzene rings is 2. The topological polar surface area (TPSA) is 57.6 Å². The van der Waals surface area contributed by atoms with E-state index in [0.717, 1.165) is 16.0 Å². The summed E-state index contributed by atoms with van der Waals surface area (Å²) >= 11 is 7.33. The Kier molecular flexibility index (Phi) is 5.35. The number of carboxylic acids is 1. The van der Waals surface area contributed by atoms with Gasteiger partial charge in [-0.2, -0.15) is 0 Å². The molecule has 0 radical (unpaired) electrons. The zero-order valence-electron chi connectivity index (χ0n) is 13.7. The van der Waals surface area contributed by atoms with Crippen LogP contribution < -0.4 is 0 Å². The van der Waals surface area contributed by atoms with Gasteiger partial charge in [0, 0.05) is 23.0 Å². The first-order valence-electron chi connectivity index (χ1n) is 7.97. The molecule has 0 aromatic heterocycles. The van der Waals surface area contributed by atoms with Crippen LogP contribution in [0.3, 0.4) is 0 Å². The Morgan fingerprint density at radius 1 is 1.20 bits per heavy atom. The Labute approximate surface area is 155 Å². The fourth-order valence-corrected chi connectivity index (χ4v) is 4.09. The summed E-state index contributed by atoms with van der Waals surface area (Å²) in [4.78, 5) is 27.1. The predicted molar refractivity (Wildman–Crippen MR) is 99.0 cm³/mol. The highest BCUT2D eigenvalue weighted by atomic mass is 35.5. The fraction of sp³-hybridized carbons (Fsp3) is 0.263. The molecular formula is C19H18ClNO3S. The lowest BCUT2D eigenvalue weighted by molar-refractivity contribution is -0.141. The summed E-state index contributed by atoms with van der Waals surface area (Å²) < 4.78 is 0. The number of nitrogens with zero attached hydrogens (tertiary/aromatic N) is 1. The number of carbonyl (C=O) groups excluding carboxylic acids is 1. The van der Waals surface area contributed by atoms with E-state index in [1.807, 2.05) is 43.3 Å². The van der Waals surface area contributed by atoms with Gasteiger partial charge in [0.2, 0.25) is 5.91 Å². The number of carboxylic acid groups (broad SMARTS) is 1. The van der Waals surface area contributed by atoms with E-state index in [1.165, 1.54) is 11.8 Å². The van der Waals surface area contributed by atoms with Crippen LogP contribution in [0.4, 0.5) is 0 Å². The molecule has 0 fully saturated rings. The van der Waals surface area contributed by atoms with Gasteiger partial charge in [-0.3, -0.25) is 9.59 Å². The first-order chi connectivity index (χ1) is 12.0. The summed E-state index contributed by atoms with van der Waals surface area (Å²) in [6, 6.07) is 14.8. The van der Waals surface area contributed by atoms with Crippen LogP contribution in [0.5, 0.6) is 0 Å². The summed E-state index contributed by atoms with van der Waals surface area (Å²) in [5.41, 5.74) is 1.70. The third-order valence-electron chi connectivity index (χ3n) is 4.28. The van der Waals surface area contributed by atoms with Crippen molar-refractivity contribution in [2.24, 2.45) is 0 Å². The monoisotopic (exact) mass is 375 g/mol. The van der Waals surface area contributed by atoms with Crippen LogP contribution in [0.25, 0.3) is 0 Å². The molecule has 0 bridgehead atoms. The van der Waals surface area contributed by atoms with Crippen LogP contribution in [0.2, 0.25) is 5.02 Å². The minimum atomic E-state index is -0.900. The van der Waals surface area contributed by atoms with E-state index in [0.29, 0.717) is 11.6 Å². The lowest BCUT2D eigenvalue weighted by atomic mass is 9.89. The molecule has 1 amide bonds. The van der Waals surface area contributed by atoms with Crippen molar-refractivity contribution >= 4 is 35.2 Å². The van der Waals surface area contributed by atoms with Crippen LogP contribution in [0, 0.1) is 0 Å². The van der Waals surface area contributed by atoms with Gasteiger partial charge in [-0.1, -0.05) is 35.9 Å². The molecule has 0 aliphatic carbocycles. The van der Waals surface area contributed by atoms with Gasteiger partial charge < -0.3 is 10.0 Å². The highest BCUT2D eigenvalue weighted by molar-refractivity contribution is 8.00. The molecule has 1 N–H and O–H groups in total. The first kappa shape index (κ1) is 17.8. The predicted octanol–water partition coefficient (Wildman–Crippen LogP) is 4.03. The van der Waals surface area contributed by atoms with Crippen LogP contribution in [-0.4, -0.2) is 33.7 Å². The van der Waals surface area contributed by atoms with Crippen molar-refractivity contribution < 1.29 is 14.7 Å². The Bertz CT molecular complexity index is 794. The maximum Gasteiger partial charge on any atom is 0.312 e. The summed E-state index contributed by atoms with van der Waals surface area (Å²) in [6.45, 7) is 2.50. The molecule has 0 spiro atoms. The number of hydrogen-bond acceptors (Lipinski definition) is 3. The Hall–Kier alpha value is -1.98. The van der Waals surface area contributed by atoms with E-state index >= 15 is 0 Å². The maximum absolute atomic E-state index is 12.8. The van der Waals surface area contributed by atoms with E-state index in [9.17, 15) is 14.7 Å². The van der Waals surface area contributed by atoms with Crippen molar-refractivity contribution in [3.8, 4) is 0 Å². The lowest BCUT2D eigenvalue weighted by Crippen LogP contribution is -2.43. The standard InChI is InChI=1S/C19H18ClNO3S/c1-12(25-15-8-6-14(20)7-9-15)18(22)21-10-13-4-2-3-5-16(13)17(11-21)19(23)24/h2-9,12,17H,10-11H2,1H3,(H,23,24). The van der Waals surface area contributed by atoms with Gasteiger partial charge >= 0.3 is 5.97 Å². The SMILES string of the molecule is CC(Sc1ccc(Cl)cc1)C(=O)N1Cc2ccccc2C(C(=O)O)C1. The Morgan fingerprint density at radius 2 is 1.88 bits per heavy atom. The van der Waals surface area contributed by atoms with Crippen molar-refractivity contribution in [1.82, 2.24) is 4.90 Å². The number of rotatable bonds is 4. The molecule has 2 aromatic rings. The molecule has 3 rings (SSSR count). The van der Waals surface area contributed by atoms with Crippen LogP contribution in [0.1, 0.15) is 24.0 Å². The van der Waals surface area contributed by atoms with Gasteiger partial charge in [0.25, 0.3) is 0 Å². The third kappa shape index (κ3) is 3.99. The summed E-state index contributed by atoms with van der Waals surface area (Å²) in [7, 11) is 0. The van der Waals surface area contributed by atoms with Crippen LogP contribution >= 0.6 is 23.4 Å². The second kappa shape index (κ2) is 7.50. The molecule has 2 unspecified atom stereocenters. The van der Waals surface area contributed by atoms with Crippen molar-refractivity contribution in [1.29, 1.82) is 0 Å². The average molecular weight is 376 g/mol. The molecule has 2 atom stereocenters. The van der Waals surface area contributed by atoms with Gasteiger partial charge in [0.05, 0.1) is 11.2 Å². The second-order valence-electron chi connectivity index (χ2n) is 6.02. The Morgan fingerprint density at radius 3 is 2.56 bits per heavy atom. The van der Waals surface area contributed by atoms with Gasteiger partial charge in [-0.25, -0.2) is 0 Å². The number of carbonyl (C=O) groups is 2. The first-order valence-corrected chi connectivity index (χ1v) is 9.23. The number of amides is 1. The van der Waals surface area contributed by atoms with Gasteiger partial charge in [0.15, 0.2) is 0 Å². The fourth-order valence-electron chi connectivity index (χ4n) is 3.01. The van der Waals surface area contributed by atoms with Crippen LogP contribution in [0.15, 0.2) is 53.4 Å². The lowest BCUT2D eigenvalue weighted by Gasteiger charge is -2.34. The maximum atomic E-state index is 12.8. The third-order valence-corrected chi connectivity index (χ3v) is 5.63. The van der Waals surface area contributed by atoms with E-state index < -0.39 is 11.9 Å². The zero-order chi connectivity index (χ0) is 18.0. The number of fused-ring (bicyclic) bond motifs is 1. The van der Waals surface area contributed by atoms with E-state index in [4.69, 9.17) is 11.6 Å².